The van der Waals surface area contributed by atoms with Crippen LogP contribution in [0.15, 0.2) is 0 Å². The standard InChI is InChI=1S/C5H9I2N.Pb/c6-5-3-1-2-4-8(5)7;/h5H,1-4H2;. The Bertz CT molecular complexity index is 71.4. The van der Waals surface area contributed by atoms with Crippen molar-refractivity contribution in [3.8, 4) is 0 Å². The van der Waals surface area contributed by atoms with Gasteiger partial charge in [0.05, 0.1) is 4.05 Å². The van der Waals surface area contributed by atoms with E-state index in [1.54, 1.807) is 0 Å². The van der Waals surface area contributed by atoms with Crippen LogP contribution in [0.1, 0.15) is 19.3 Å². The van der Waals surface area contributed by atoms with Crippen LogP contribution in [0, 0.1) is 0 Å². The summed E-state index contributed by atoms with van der Waals surface area (Å²) in [5.74, 6) is 0. The first-order valence-corrected chi connectivity index (χ1v) is 5.08. The number of hydrogen-bond acceptors (Lipinski definition) is 1. The first kappa shape index (κ1) is 11.3. The molecule has 1 aliphatic heterocycles. The molecule has 0 saturated carbocycles. The minimum atomic E-state index is 0. The van der Waals surface area contributed by atoms with Crippen LogP contribution in [-0.4, -0.2) is 41.0 Å². The van der Waals surface area contributed by atoms with E-state index in [9.17, 15) is 0 Å². The van der Waals surface area contributed by atoms with Crippen LogP contribution in [0.25, 0.3) is 0 Å². The van der Waals surface area contributed by atoms with E-state index < -0.39 is 0 Å². The van der Waals surface area contributed by atoms with Gasteiger partial charge in [0.15, 0.2) is 0 Å². The van der Waals surface area contributed by atoms with E-state index >= 15 is 0 Å². The van der Waals surface area contributed by atoms with Crippen molar-refractivity contribution in [2.45, 2.75) is 23.3 Å². The summed E-state index contributed by atoms with van der Waals surface area (Å²) in [6.07, 6.45) is 4.19. The fourth-order valence-corrected chi connectivity index (χ4v) is 2.19. The summed E-state index contributed by atoms with van der Waals surface area (Å²) in [6, 6.07) is 0. The molecule has 4 radical (unpaired) electrons. The van der Waals surface area contributed by atoms with Gasteiger partial charge in [0.1, 0.15) is 0 Å². The third-order valence-electron chi connectivity index (χ3n) is 1.37. The van der Waals surface area contributed by atoms with Crippen molar-refractivity contribution in [2.75, 3.05) is 6.54 Å². The number of rotatable bonds is 0. The molecular formula is C5H9I2NPb. The molecule has 1 nitrogen and oxygen atoms in total. The van der Waals surface area contributed by atoms with E-state index in [4.69, 9.17) is 0 Å². The Morgan fingerprint density at radius 2 is 2.00 bits per heavy atom. The molecule has 1 fully saturated rings. The summed E-state index contributed by atoms with van der Waals surface area (Å²) in [5.41, 5.74) is 0. The third kappa shape index (κ3) is 4.04. The van der Waals surface area contributed by atoms with E-state index in [-0.39, 0.29) is 27.3 Å². The van der Waals surface area contributed by atoms with E-state index in [1.165, 1.54) is 25.8 Å². The zero-order valence-corrected chi connectivity index (χ0v) is 13.3. The smallest absolute Gasteiger partial charge is 0.0709 e. The Hall–Kier alpha value is 2.34. The Morgan fingerprint density at radius 1 is 1.33 bits per heavy atom. The molecule has 0 aromatic rings. The molecule has 0 aromatic heterocycles. The van der Waals surface area contributed by atoms with Gasteiger partial charge in [-0.25, -0.2) is 3.11 Å². The predicted octanol–water partition coefficient (Wildman–Crippen LogP) is 2.20. The van der Waals surface area contributed by atoms with Gasteiger partial charge in [0.2, 0.25) is 0 Å². The molecule has 1 heterocycles. The number of piperidine rings is 1. The Kier molecular flexibility index (Phi) is 7.47. The molecule has 0 aliphatic carbocycles. The molecule has 1 atom stereocenters. The third-order valence-corrected chi connectivity index (χ3v) is 4.88. The summed E-state index contributed by atoms with van der Waals surface area (Å²) < 4.78 is 3.18. The topological polar surface area (TPSA) is 3.24 Å². The van der Waals surface area contributed by atoms with Crippen molar-refractivity contribution in [2.24, 2.45) is 0 Å². The van der Waals surface area contributed by atoms with E-state index in [0.29, 0.717) is 0 Å². The molecule has 1 rings (SSSR count). The van der Waals surface area contributed by atoms with Crippen molar-refractivity contribution >= 4 is 72.8 Å². The van der Waals surface area contributed by atoms with E-state index in [1.807, 2.05) is 0 Å². The molecule has 52 valence electrons. The second-order valence-electron chi connectivity index (χ2n) is 2.05. The molecule has 1 saturated heterocycles. The molecule has 1 unspecified atom stereocenters. The summed E-state index contributed by atoms with van der Waals surface area (Å²) in [7, 11) is 0. The van der Waals surface area contributed by atoms with Gasteiger partial charge >= 0.3 is 0 Å². The molecule has 0 amide bonds. The van der Waals surface area contributed by atoms with Crippen molar-refractivity contribution in [3.05, 3.63) is 0 Å². The van der Waals surface area contributed by atoms with Gasteiger partial charge in [0.25, 0.3) is 0 Å². The van der Waals surface area contributed by atoms with Gasteiger partial charge in [-0.1, -0.05) is 22.6 Å². The minimum Gasteiger partial charge on any atom is -0.235 e. The second-order valence-corrected chi connectivity index (χ2v) is 4.73. The molecule has 9 heavy (non-hydrogen) atoms. The quantitative estimate of drug-likeness (QED) is 0.149. The van der Waals surface area contributed by atoms with Gasteiger partial charge in [-0.15, -0.1) is 0 Å². The van der Waals surface area contributed by atoms with Crippen molar-refractivity contribution in [1.82, 2.24) is 3.11 Å². The number of hydrogen-bond donors (Lipinski definition) is 0. The van der Waals surface area contributed by atoms with Crippen molar-refractivity contribution in [3.63, 3.8) is 0 Å². The van der Waals surface area contributed by atoms with Gasteiger partial charge in [-0.3, -0.25) is 0 Å². The molecule has 1 aliphatic rings. The molecule has 4 heteroatoms. The average Bonchev–Trinajstić information content (AvgIpc) is 1.77. The van der Waals surface area contributed by atoms with Gasteiger partial charge in [-0.05, 0) is 19.3 Å². The summed E-state index contributed by atoms with van der Waals surface area (Å²) >= 11 is 4.91. The monoisotopic (exact) mass is 545 g/mol. The van der Waals surface area contributed by atoms with Crippen molar-refractivity contribution < 1.29 is 0 Å². The number of nitrogens with zero attached hydrogens (tertiary/aromatic N) is 1. The van der Waals surface area contributed by atoms with Gasteiger partial charge < -0.3 is 0 Å². The fourth-order valence-electron chi connectivity index (χ4n) is 0.856. The minimum absolute atomic E-state index is 0. The Labute approximate surface area is 104 Å². The zero-order chi connectivity index (χ0) is 5.98. The second kappa shape index (κ2) is 5.93. The first-order chi connectivity index (χ1) is 3.80. The number of halogens is 2. The largest absolute Gasteiger partial charge is 0.235 e. The summed E-state index contributed by atoms with van der Waals surface area (Å²) in [5, 5.41) is 0. The Morgan fingerprint density at radius 3 is 2.33 bits per heavy atom. The van der Waals surface area contributed by atoms with Crippen LogP contribution in [0.3, 0.4) is 0 Å². The number of alkyl halides is 1. The first-order valence-electron chi connectivity index (χ1n) is 2.87. The van der Waals surface area contributed by atoms with E-state index in [0.717, 1.165) is 4.05 Å². The van der Waals surface area contributed by atoms with Gasteiger partial charge in [-0.2, -0.15) is 0 Å². The van der Waals surface area contributed by atoms with Crippen LogP contribution in [0.4, 0.5) is 0 Å². The molecular weight excluding hydrogens is 535 g/mol. The molecule has 0 aromatic carbocycles. The van der Waals surface area contributed by atoms with Crippen LogP contribution in [0.2, 0.25) is 0 Å². The maximum atomic E-state index is 2.50. The maximum absolute atomic E-state index is 2.50. The molecule has 0 spiro atoms. The summed E-state index contributed by atoms with van der Waals surface area (Å²) in [6.45, 7) is 1.29. The molecule has 0 bridgehead atoms. The SMILES string of the molecule is IC1CCCCN1I.[Pb]. The summed E-state index contributed by atoms with van der Waals surface area (Å²) in [4.78, 5) is 0. The van der Waals surface area contributed by atoms with Gasteiger partial charge in [0, 0.05) is 56.7 Å². The van der Waals surface area contributed by atoms with Crippen molar-refractivity contribution in [1.29, 1.82) is 0 Å². The van der Waals surface area contributed by atoms with E-state index in [2.05, 4.69) is 48.6 Å². The zero-order valence-electron chi connectivity index (χ0n) is 5.11. The normalized spacial score (nSPS) is 29.3. The van der Waals surface area contributed by atoms with Crippen LogP contribution < -0.4 is 0 Å². The fraction of sp³-hybridized carbons (Fsp3) is 1.00. The van der Waals surface area contributed by atoms with Crippen LogP contribution in [-0.2, 0) is 0 Å². The Balaban J connectivity index is 0.000000640. The van der Waals surface area contributed by atoms with Crippen LogP contribution in [0.5, 0.6) is 0 Å². The predicted molar refractivity (Wildman–Crippen MR) is 58.1 cm³/mol. The maximum Gasteiger partial charge on any atom is 0.0709 e. The average molecular weight is 544 g/mol. The van der Waals surface area contributed by atoms with Crippen LogP contribution >= 0.6 is 45.5 Å². The molecule has 0 N–H and O–H groups in total.